The number of rotatable bonds is 3. The number of piperidine rings is 1. The van der Waals surface area contributed by atoms with Gasteiger partial charge in [-0.05, 0) is 38.3 Å². The molecule has 1 aliphatic heterocycles. The zero-order valence-electron chi connectivity index (χ0n) is 11.0. The molecule has 1 saturated carbocycles. The smallest absolute Gasteiger partial charge is 0.0117 e. The molecule has 2 rings (SSSR count). The molecular weight excluding hydrogens is 196 g/mol. The van der Waals surface area contributed by atoms with Crippen LogP contribution >= 0.6 is 0 Å². The molecule has 0 radical (unpaired) electrons. The first kappa shape index (κ1) is 12.4. The first-order valence-corrected chi connectivity index (χ1v) is 7.28. The van der Waals surface area contributed by atoms with Gasteiger partial charge in [-0.15, -0.1) is 0 Å². The molecule has 2 heteroatoms. The summed E-state index contributed by atoms with van der Waals surface area (Å²) < 4.78 is 0. The van der Waals surface area contributed by atoms with Crippen LogP contribution in [-0.4, -0.2) is 36.6 Å². The lowest BCUT2D eigenvalue weighted by Crippen LogP contribution is -2.51. The second-order valence-corrected chi connectivity index (χ2v) is 5.72. The molecule has 0 amide bonds. The molecule has 1 N–H and O–H groups in total. The molecule has 2 nitrogen and oxygen atoms in total. The van der Waals surface area contributed by atoms with Crippen molar-refractivity contribution in [1.29, 1.82) is 0 Å². The molecular formula is C14H28N2. The molecule has 1 heterocycles. The van der Waals surface area contributed by atoms with E-state index in [9.17, 15) is 0 Å². The Morgan fingerprint density at radius 1 is 1.12 bits per heavy atom. The molecule has 2 fully saturated rings. The summed E-state index contributed by atoms with van der Waals surface area (Å²) in [6, 6.07) is 1.68. The quantitative estimate of drug-likeness (QED) is 0.793. The Hall–Kier alpha value is -0.0800. The molecule has 1 aliphatic carbocycles. The molecule has 1 saturated heterocycles. The number of hydrogen-bond donors (Lipinski definition) is 1. The van der Waals surface area contributed by atoms with Gasteiger partial charge in [0.2, 0.25) is 0 Å². The van der Waals surface area contributed by atoms with Gasteiger partial charge in [-0.1, -0.05) is 33.1 Å². The fourth-order valence-electron chi connectivity index (χ4n) is 3.52. The topological polar surface area (TPSA) is 15.3 Å². The number of nitrogens with zero attached hydrogens (tertiary/aromatic N) is 1. The average molecular weight is 224 g/mol. The van der Waals surface area contributed by atoms with Crippen LogP contribution in [0.15, 0.2) is 0 Å². The van der Waals surface area contributed by atoms with Crippen LogP contribution in [0.2, 0.25) is 0 Å². The van der Waals surface area contributed by atoms with E-state index >= 15 is 0 Å². The van der Waals surface area contributed by atoms with Crippen LogP contribution in [0.1, 0.15) is 52.4 Å². The molecule has 0 spiro atoms. The van der Waals surface area contributed by atoms with Crippen LogP contribution < -0.4 is 5.32 Å². The van der Waals surface area contributed by atoms with E-state index in [1.165, 1.54) is 51.6 Å². The SMILES string of the molecule is CCNC1CCN(C2CCCCC2)CC1C. The molecule has 0 aromatic carbocycles. The average Bonchev–Trinajstić information content (AvgIpc) is 2.33. The Morgan fingerprint density at radius 2 is 1.88 bits per heavy atom. The van der Waals surface area contributed by atoms with E-state index in [0.29, 0.717) is 0 Å². The summed E-state index contributed by atoms with van der Waals surface area (Å²) in [6.07, 6.45) is 8.67. The lowest BCUT2D eigenvalue weighted by Gasteiger charge is -2.42. The van der Waals surface area contributed by atoms with Gasteiger partial charge in [0.05, 0.1) is 0 Å². The molecule has 2 aliphatic rings. The van der Waals surface area contributed by atoms with Gasteiger partial charge in [0.1, 0.15) is 0 Å². The normalized spacial score (nSPS) is 34.1. The molecule has 16 heavy (non-hydrogen) atoms. The highest BCUT2D eigenvalue weighted by Gasteiger charge is 2.29. The summed E-state index contributed by atoms with van der Waals surface area (Å²) in [5.41, 5.74) is 0. The Balaban J connectivity index is 1.81. The van der Waals surface area contributed by atoms with Gasteiger partial charge >= 0.3 is 0 Å². The highest BCUT2D eigenvalue weighted by molar-refractivity contribution is 4.86. The Morgan fingerprint density at radius 3 is 2.50 bits per heavy atom. The van der Waals surface area contributed by atoms with Crippen LogP contribution in [0.25, 0.3) is 0 Å². The second-order valence-electron chi connectivity index (χ2n) is 5.72. The van der Waals surface area contributed by atoms with Gasteiger partial charge in [-0.3, -0.25) is 0 Å². The zero-order chi connectivity index (χ0) is 11.4. The Bertz CT molecular complexity index is 199. The van der Waals surface area contributed by atoms with Gasteiger partial charge in [-0.2, -0.15) is 0 Å². The van der Waals surface area contributed by atoms with Gasteiger partial charge in [0.15, 0.2) is 0 Å². The van der Waals surface area contributed by atoms with E-state index in [-0.39, 0.29) is 0 Å². The number of likely N-dealkylation sites (tertiary alicyclic amines) is 1. The summed E-state index contributed by atoms with van der Waals surface area (Å²) in [5.74, 6) is 0.829. The molecule has 2 atom stereocenters. The maximum Gasteiger partial charge on any atom is 0.0117 e. The number of hydrogen-bond acceptors (Lipinski definition) is 2. The molecule has 0 aromatic heterocycles. The lowest BCUT2D eigenvalue weighted by molar-refractivity contribution is 0.0843. The van der Waals surface area contributed by atoms with Crippen LogP contribution in [0.4, 0.5) is 0 Å². The summed E-state index contributed by atoms with van der Waals surface area (Å²) in [7, 11) is 0. The summed E-state index contributed by atoms with van der Waals surface area (Å²) in [6.45, 7) is 8.41. The predicted molar refractivity (Wildman–Crippen MR) is 69.7 cm³/mol. The summed E-state index contributed by atoms with van der Waals surface area (Å²) >= 11 is 0. The maximum absolute atomic E-state index is 3.63. The van der Waals surface area contributed by atoms with Crippen molar-refractivity contribution in [1.82, 2.24) is 10.2 Å². The van der Waals surface area contributed by atoms with E-state index in [0.717, 1.165) is 24.5 Å². The van der Waals surface area contributed by atoms with Crippen molar-refractivity contribution in [2.75, 3.05) is 19.6 Å². The van der Waals surface area contributed by atoms with Crippen molar-refractivity contribution in [2.45, 2.75) is 64.5 Å². The molecule has 0 bridgehead atoms. The minimum absolute atomic E-state index is 0.768. The van der Waals surface area contributed by atoms with Crippen molar-refractivity contribution in [2.24, 2.45) is 5.92 Å². The second kappa shape index (κ2) is 6.02. The number of nitrogens with one attached hydrogen (secondary N) is 1. The van der Waals surface area contributed by atoms with Crippen molar-refractivity contribution >= 4 is 0 Å². The van der Waals surface area contributed by atoms with E-state index in [2.05, 4.69) is 24.1 Å². The van der Waals surface area contributed by atoms with Crippen molar-refractivity contribution in [3.8, 4) is 0 Å². The fourth-order valence-corrected chi connectivity index (χ4v) is 3.52. The molecule has 0 aromatic rings. The highest BCUT2D eigenvalue weighted by Crippen LogP contribution is 2.27. The van der Waals surface area contributed by atoms with Gasteiger partial charge in [0.25, 0.3) is 0 Å². The van der Waals surface area contributed by atoms with Crippen molar-refractivity contribution < 1.29 is 0 Å². The standard InChI is InChI=1S/C14H28N2/c1-3-15-14-9-10-16(11-12(14)2)13-7-5-4-6-8-13/h12-15H,3-11H2,1-2H3. The maximum atomic E-state index is 3.63. The summed E-state index contributed by atoms with van der Waals surface area (Å²) in [4.78, 5) is 2.78. The van der Waals surface area contributed by atoms with E-state index in [1.807, 2.05) is 0 Å². The Labute approximate surface area is 101 Å². The van der Waals surface area contributed by atoms with Crippen LogP contribution in [-0.2, 0) is 0 Å². The van der Waals surface area contributed by atoms with Gasteiger partial charge < -0.3 is 10.2 Å². The van der Waals surface area contributed by atoms with Crippen LogP contribution in [0.3, 0.4) is 0 Å². The minimum Gasteiger partial charge on any atom is -0.314 e. The summed E-state index contributed by atoms with van der Waals surface area (Å²) in [5, 5.41) is 3.63. The Kier molecular flexibility index (Phi) is 4.66. The third-order valence-electron chi connectivity index (χ3n) is 4.49. The minimum atomic E-state index is 0.768. The highest BCUT2D eigenvalue weighted by atomic mass is 15.2. The third-order valence-corrected chi connectivity index (χ3v) is 4.49. The van der Waals surface area contributed by atoms with Crippen LogP contribution in [0, 0.1) is 5.92 Å². The van der Waals surface area contributed by atoms with E-state index in [4.69, 9.17) is 0 Å². The van der Waals surface area contributed by atoms with Crippen molar-refractivity contribution in [3.05, 3.63) is 0 Å². The van der Waals surface area contributed by atoms with Crippen LogP contribution in [0.5, 0.6) is 0 Å². The third kappa shape index (κ3) is 2.98. The van der Waals surface area contributed by atoms with E-state index in [1.54, 1.807) is 0 Å². The molecule has 2 unspecified atom stereocenters. The zero-order valence-corrected chi connectivity index (χ0v) is 11.0. The van der Waals surface area contributed by atoms with Crippen molar-refractivity contribution in [3.63, 3.8) is 0 Å². The van der Waals surface area contributed by atoms with Gasteiger partial charge in [0, 0.05) is 18.6 Å². The van der Waals surface area contributed by atoms with E-state index < -0.39 is 0 Å². The molecule has 94 valence electrons. The lowest BCUT2D eigenvalue weighted by atomic mass is 9.88. The van der Waals surface area contributed by atoms with Gasteiger partial charge in [-0.25, -0.2) is 0 Å². The first-order valence-electron chi connectivity index (χ1n) is 7.28. The largest absolute Gasteiger partial charge is 0.314 e. The predicted octanol–water partition coefficient (Wildman–Crippen LogP) is 2.64. The monoisotopic (exact) mass is 224 g/mol. The fraction of sp³-hybridized carbons (Fsp3) is 1.00. The first-order chi connectivity index (χ1) is 7.81.